The zero-order valence-electron chi connectivity index (χ0n) is 28.8. The summed E-state index contributed by atoms with van der Waals surface area (Å²) >= 11 is 1.58. The Morgan fingerprint density at radius 2 is 1.76 bits per heavy atom. The van der Waals surface area contributed by atoms with Crippen LogP contribution in [0.3, 0.4) is 0 Å². The number of carbonyl (C=O) groups excluding carboxylic acids is 2. The number of amides is 1. The van der Waals surface area contributed by atoms with Crippen LogP contribution in [0.25, 0.3) is 10.1 Å². The van der Waals surface area contributed by atoms with Crippen LogP contribution < -0.4 is 9.47 Å². The summed E-state index contributed by atoms with van der Waals surface area (Å²) in [5.41, 5.74) is -0.0449. The Hall–Kier alpha value is -3.62. The Bertz CT molecular complexity index is 1930. The molecule has 4 fully saturated rings. The SMILES string of the molecule is COc1ccc(CN2CC3(CCC4C56C=CC7(C=C5C(=O)c5cc8ccccc8s5)CC(O)CCC7(C)C6CCC43C)OC2=O)c(OC)c1. The molecule has 7 aliphatic rings. The summed E-state index contributed by atoms with van der Waals surface area (Å²) in [6, 6.07) is 16.0. The van der Waals surface area contributed by atoms with Crippen LogP contribution in [0.2, 0.25) is 0 Å². The first-order chi connectivity index (χ1) is 23.5. The highest BCUT2D eigenvalue weighted by atomic mass is 32.1. The minimum Gasteiger partial charge on any atom is -0.497 e. The Morgan fingerprint density at radius 1 is 0.980 bits per heavy atom. The van der Waals surface area contributed by atoms with Crippen molar-refractivity contribution in [1.29, 1.82) is 0 Å². The van der Waals surface area contributed by atoms with Crippen molar-refractivity contribution in [3.8, 4) is 11.5 Å². The Balaban J connectivity index is 1.12. The molecule has 2 aromatic carbocycles. The molecule has 3 saturated carbocycles. The van der Waals surface area contributed by atoms with Crippen LogP contribution in [0.1, 0.15) is 74.0 Å². The van der Waals surface area contributed by atoms with Crippen molar-refractivity contribution >= 4 is 33.3 Å². The number of rotatable bonds is 6. The lowest BCUT2D eigenvalue weighted by molar-refractivity contribution is -0.164. The van der Waals surface area contributed by atoms with Gasteiger partial charge in [-0.3, -0.25) is 9.69 Å². The maximum atomic E-state index is 15.0. The largest absolute Gasteiger partial charge is 0.497 e. The van der Waals surface area contributed by atoms with Crippen LogP contribution >= 0.6 is 11.3 Å². The summed E-state index contributed by atoms with van der Waals surface area (Å²) in [4.78, 5) is 31.4. The smallest absolute Gasteiger partial charge is 0.410 e. The van der Waals surface area contributed by atoms with E-state index in [0.29, 0.717) is 31.0 Å². The number of aliphatic hydroxyl groups is 1. The van der Waals surface area contributed by atoms with Gasteiger partial charge in [-0.2, -0.15) is 0 Å². The number of fused-ring (bicyclic) bond motifs is 3. The molecule has 8 atom stereocenters. The van der Waals surface area contributed by atoms with Gasteiger partial charge in [-0.1, -0.05) is 50.3 Å². The summed E-state index contributed by atoms with van der Waals surface area (Å²) in [5, 5.41) is 12.1. The molecule has 3 aromatic rings. The van der Waals surface area contributed by atoms with Crippen molar-refractivity contribution in [3.05, 3.63) is 82.8 Å². The number of allylic oxidation sites excluding steroid dienone is 4. The van der Waals surface area contributed by atoms with Gasteiger partial charge in [0.15, 0.2) is 5.78 Å². The van der Waals surface area contributed by atoms with Gasteiger partial charge in [0.05, 0.1) is 38.3 Å². The van der Waals surface area contributed by atoms with Crippen molar-refractivity contribution < 1.29 is 28.9 Å². The zero-order chi connectivity index (χ0) is 34.0. The molecule has 8 heteroatoms. The molecular weight excluding hydrogens is 635 g/mol. The maximum Gasteiger partial charge on any atom is 0.410 e. The molecule has 1 aromatic heterocycles. The maximum absolute atomic E-state index is 15.0. The van der Waals surface area contributed by atoms with Gasteiger partial charge in [0.25, 0.3) is 0 Å². The van der Waals surface area contributed by atoms with E-state index in [4.69, 9.17) is 14.2 Å². The number of ether oxygens (including phenoxy) is 3. The monoisotopic (exact) mass is 679 g/mol. The summed E-state index contributed by atoms with van der Waals surface area (Å²) in [6.07, 6.45) is 12.4. The Labute approximate surface area is 291 Å². The number of aliphatic hydroxyl groups excluding tert-OH is 1. The second-order valence-electron chi connectivity index (χ2n) is 16.2. The minimum absolute atomic E-state index is 0.0642. The first-order valence-electron chi connectivity index (χ1n) is 17.9. The molecule has 2 heterocycles. The summed E-state index contributed by atoms with van der Waals surface area (Å²) in [5.74, 6) is 1.90. The third kappa shape index (κ3) is 3.99. The van der Waals surface area contributed by atoms with Gasteiger partial charge in [0, 0.05) is 38.1 Å². The fourth-order valence-corrected chi connectivity index (χ4v) is 12.9. The minimum atomic E-state index is -0.649. The molecule has 7 nitrogen and oxygen atoms in total. The van der Waals surface area contributed by atoms with E-state index in [1.165, 1.54) is 0 Å². The van der Waals surface area contributed by atoms with E-state index in [-0.39, 0.29) is 46.1 Å². The van der Waals surface area contributed by atoms with Gasteiger partial charge in [-0.05, 0) is 91.8 Å². The number of hydrogen-bond acceptors (Lipinski definition) is 7. The third-order valence-electron chi connectivity index (χ3n) is 14.4. The zero-order valence-corrected chi connectivity index (χ0v) is 29.6. The van der Waals surface area contributed by atoms with Crippen LogP contribution in [0.15, 0.2) is 72.3 Å². The van der Waals surface area contributed by atoms with E-state index in [9.17, 15) is 9.90 Å². The molecule has 3 spiro atoms. The molecule has 6 aliphatic carbocycles. The average Bonchev–Trinajstić information content (AvgIpc) is 3.77. The van der Waals surface area contributed by atoms with E-state index in [0.717, 1.165) is 64.6 Å². The highest BCUT2D eigenvalue weighted by Gasteiger charge is 2.76. The van der Waals surface area contributed by atoms with Crippen molar-refractivity contribution in [2.45, 2.75) is 77.0 Å². The number of methoxy groups -OCH3 is 2. The number of carbonyl (C=O) groups is 2. The predicted octanol–water partition coefficient (Wildman–Crippen LogP) is 8.35. The van der Waals surface area contributed by atoms with Crippen molar-refractivity contribution in [2.75, 3.05) is 20.8 Å². The number of benzene rings is 2. The summed E-state index contributed by atoms with van der Waals surface area (Å²) < 4.78 is 18.8. The second-order valence-corrected chi connectivity index (χ2v) is 17.2. The third-order valence-corrected chi connectivity index (χ3v) is 15.5. The van der Waals surface area contributed by atoms with Crippen molar-refractivity contribution in [1.82, 2.24) is 4.90 Å². The molecule has 1 saturated heterocycles. The molecule has 49 heavy (non-hydrogen) atoms. The molecule has 10 rings (SSSR count). The molecule has 8 unspecified atom stereocenters. The molecule has 1 N–H and O–H groups in total. The molecule has 2 bridgehead atoms. The molecule has 256 valence electrons. The van der Waals surface area contributed by atoms with Gasteiger partial charge in [-0.15, -0.1) is 11.3 Å². The van der Waals surface area contributed by atoms with E-state index in [2.05, 4.69) is 50.3 Å². The van der Waals surface area contributed by atoms with Gasteiger partial charge >= 0.3 is 6.09 Å². The van der Waals surface area contributed by atoms with E-state index < -0.39 is 11.0 Å². The fraction of sp³-hybridized carbons (Fsp3) is 0.512. The highest BCUT2D eigenvalue weighted by Crippen LogP contribution is 2.79. The number of ketones is 1. The molecular formula is C41H45NO6S. The van der Waals surface area contributed by atoms with Crippen LogP contribution in [0.5, 0.6) is 11.5 Å². The first-order valence-corrected chi connectivity index (χ1v) is 18.7. The lowest BCUT2D eigenvalue weighted by Crippen LogP contribution is -2.67. The standard InChI is InChI=1S/C41H45NO6S/c1-37-14-11-27(43)21-39(37)17-18-41(29(22-39)35(44)32-19-25-7-5-6-8-31(25)49-32)33(37)12-15-38(2)34(41)13-16-40(38)24-42(36(45)48-40)23-26-9-10-28(46-3)20-30(26)47-4/h5-10,17-20,22,27,33-34,43H,11-16,21,23-24H2,1-4H3. The van der Waals surface area contributed by atoms with Crippen molar-refractivity contribution in [2.24, 2.45) is 33.5 Å². The molecule has 1 aliphatic heterocycles. The van der Waals surface area contributed by atoms with Gasteiger partial charge in [0.2, 0.25) is 0 Å². The van der Waals surface area contributed by atoms with Gasteiger partial charge < -0.3 is 19.3 Å². The predicted molar refractivity (Wildman–Crippen MR) is 189 cm³/mol. The normalized spacial score (nSPS) is 38.6. The number of hydrogen-bond donors (Lipinski definition) is 1. The molecule has 1 amide bonds. The van der Waals surface area contributed by atoms with Crippen LogP contribution in [-0.2, 0) is 11.3 Å². The Kier molecular flexibility index (Phi) is 6.69. The summed E-state index contributed by atoms with van der Waals surface area (Å²) in [6.45, 7) is 5.68. The van der Waals surface area contributed by atoms with Crippen molar-refractivity contribution in [3.63, 3.8) is 0 Å². The molecule has 0 radical (unpaired) electrons. The number of nitrogens with zero attached hydrogens (tertiary/aromatic N) is 1. The lowest BCUT2D eigenvalue weighted by atomic mass is 9.32. The van der Waals surface area contributed by atoms with Crippen LogP contribution in [-0.4, -0.2) is 54.4 Å². The topological polar surface area (TPSA) is 85.3 Å². The Morgan fingerprint density at radius 3 is 2.55 bits per heavy atom. The highest BCUT2D eigenvalue weighted by molar-refractivity contribution is 7.21. The lowest BCUT2D eigenvalue weighted by Gasteiger charge is -2.71. The summed E-state index contributed by atoms with van der Waals surface area (Å²) in [7, 11) is 3.27. The van der Waals surface area contributed by atoms with Gasteiger partial charge in [0.1, 0.15) is 17.1 Å². The van der Waals surface area contributed by atoms with E-state index >= 15 is 4.79 Å². The van der Waals surface area contributed by atoms with E-state index in [1.54, 1.807) is 25.6 Å². The first kappa shape index (κ1) is 31.4. The number of thiophene rings is 1. The number of Topliss-reactive ketones (excluding diaryl/α,β-unsaturated/α-hetero) is 1. The quantitative estimate of drug-likeness (QED) is 0.208. The second kappa shape index (κ2) is 10.5. The average molecular weight is 680 g/mol. The van der Waals surface area contributed by atoms with Crippen LogP contribution in [0, 0.1) is 33.5 Å². The van der Waals surface area contributed by atoms with Crippen LogP contribution in [0.4, 0.5) is 4.79 Å². The van der Waals surface area contributed by atoms with Gasteiger partial charge in [-0.25, -0.2) is 4.79 Å². The fourth-order valence-electron chi connectivity index (χ4n) is 11.9. The van der Waals surface area contributed by atoms with E-state index in [1.807, 2.05) is 35.2 Å².